The minimum atomic E-state index is 0.593. The summed E-state index contributed by atoms with van der Waals surface area (Å²) in [6.07, 6.45) is 2.74. The van der Waals surface area contributed by atoms with Gasteiger partial charge in [0.15, 0.2) is 6.29 Å². The second-order valence-electron chi connectivity index (χ2n) is 2.16. The summed E-state index contributed by atoms with van der Waals surface area (Å²) in [6, 6.07) is 3.59. The van der Waals surface area contributed by atoms with E-state index in [9.17, 15) is 4.79 Å². The van der Waals surface area contributed by atoms with Crippen LogP contribution in [0.4, 0.5) is 5.82 Å². The average Bonchev–Trinajstić information content (AvgIpc) is 2.16. The molecule has 0 aliphatic rings. The smallest absolute Gasteiger partial charge is 0.153 e. The van der Waals surface area contributed by atoms with Crippen LogP contribution in [0.25, 0.3) is 0 Å². The van der Waals surface area contributed by atoms with Crippen LogP contribution in [0.3, 0.4) is 0 Å². The summed E-state index contributed by atoms with van der Waals surface area (Å²) in [5.74, 6) is 0.636. The summed E-state index contributed by atoms with van der Waals surface area (Å²) >= 11 is 1.55. The van der Waals surface area contributed by atoms with Gasteiger partial charge in [-0.1, -0.05) is 0 Å². The molecule has 12 heavy (non-hydrogen) atoms. The van der Waals surface area contributed by atoms with Gasteiger partial charge >= 0.3 is 0 Å². The van der Waals surface area contributed by atoms with Crippen molar-refractivity contribution in [3.63, 3.8) is 0 Å². The summed E-state index contributed by atoms with van der Waals surface area (Å²) in [5.41, 5.74) is 0.593. The van der Waals surface area contributed by atoms with Crippen LogP contribution in [-0.4, -0.2) is 24.6 Å². The number of carbonyl (C=O) groups is 1. The molecule has 0 saturated carbocycles. The Morgan fingerprint density at radius 3 is 2.83 bits per heavy atom. The van der Waals surface area contributed by atoms with Gasteiger partial charge in [-0.2, -0.15) is 0 Å². The zero-order valence-electron chi connectivity index (χ0n) is 7.00. The van der Waals surface area contributed by atoms with Gasteiger partial charge in [-0.15, -0.1) is 11.8 Å². The maximum atomic E-state index is 10.5. The Balaban J connectivity index is 3.10. The highest BCUT2D eigenvalue weighted by Crippen LogP contribution is 2.16. The Morgan fingerprint density at radius 1 is 1.58 bits per heavy atom. The van der Waals surface area contributed by atoms with Crippen molar-refractivity contribution in [1.82, 2.24) is 4.98 Å². The molecule has 1 rings (SSSR count). The Hall–Kier alpha value is -1.03. The molecular weight excluding hydrogens is 172 g/mol. The van der Waals surface area contributed by atoms with Crippen molar-refractivity contribution in [2.45, 2.75) is 5.03 Å². The van der Waals surface area contributed by atoms with E-state index in [1.54, 1.807) is 24.9 Å². The zero-order chi connectivity index (χ0) is 8.97. The molecule has 0 radical (unpaired) electrons. The van der Waals surface area contributed by atoms with E-state index in [0.717, 1.165) is 11.3 Å². The first-order valence-corrected chi connectivity index (χ1v) is 4.72. The fraction of sp³-hybridized carbons (Fsp3) is 0.250. The number of aromatic nitrogens is 1. The number of rotatable bonds is 3. The number of thioether (sulfide) groups is 1. The lowest BCUT2D eigenvalue weighted by Gasteiger charge is -2.03. The van der Waals surface area contributed by atoms with Gasteiger partial charge in [-0.3, -0.25) is 4.79 Å². The Bertz CT molecular complexity index is 288. The fourth-order valence-electron chi connectivity index (χ4n) is 0.861. The third kappa shape index (κ3) is 1.76. The largest absolute Gasteiger partial charge is 0.373 e. The first-order chi connectivity index (χ1) is 5.81. The first-order valence-electron chi connectivity index (χ1n) is 3.49. The summed E-state index contributed by atoms with van der Waals surface area (Å²) in [7, 11) is 1.75. The highest BCUT2D eigenvalue weighted by Gasteiger charge is 2.01. The molecule has 1 aromatic heterocycles. The summed E-state index contributed by atoms with van der Waals surface area (Å²) in [4.78, 5) is 14.7. The molecule has 0 aliphatic carbocycles. The molecule has 4 heteroatoms. The molecule has 0 aromatic carbocycles. The van der Waals surface area contributed by atoms with E-state index in [-0.39, 0.29) is 0 Å². The number of aldehydes is 1. The van der Waals surface area contributed by atoms with Crippen LogP contribution >= 0.6 is 11.8 Å². The van der Waals surface area contributed by atoms with Gasteiger partial charge in [0.25, 0.3) is 0 Å². The van der Waals surface area contributed by atoms with Crippen molar-refractivity contribution in [3.05, 3.63) is 17.7 Å². The molecule has 0 atom stereocenters. The van der Waals surface area contributed by atoms with Crippen molar-refractivity contribution in [3.8, 4) is 0 Å². The number of nitrogens with zero attached hydrogens (tertiary/aromatic N) is 1. The normalized spacial score (nSPS) is 9.50. The number of nitrogens with one attached hydrogen (secondary N) is 1. The third-order valence-electron chi connectivity index (χ3n) is 1.47. The predicted molar refractivity (Wildman–Crippen MR) is 51.0 cm³/mol. The molecule has 0 spiro atoms. The number of hydrogen-bond donors (Lipinski definition) is 1. The van der Waals surface area contributed by atoms with E-state index in [2.05, 4.69) is 10.3 Å². The zero-order valence-corrected chi connectivity index (χ0v) is 7.81. The van der Waals surface area contributed by atoms with Gasteiger partial charge in [-0.25, -0.2) is 4.98 Å². The van der Waals surface area contributed by atoms with E-state index >= 15 is 0 Å². The minimum absolute atomic E-state index is 0.593. The third-order valence-corrected chi connectivity index (χ3v) is 2.12. The van der Waals surface area contributed by atoms with E-state index in [0.29, 0.717) is 11.4 Å². The molecule has 3 nitrogen and oxygen atoms in total. The highest BCUT2D eigenvalue weighted by molar-refractivity contribution is 7.98. The molecular formula is C8H10N2OS. The van der Waals surface area contributed by atoms with Crippen molar-refractivity contribution in [2.75, 3.05) is 18.6 Å². The van der Waals surface area contributed by atoms with Gasteiger partial charge < -0.3 is 5.32 Å². The molecule has 0 bridgehead atoms. The van der Waals surface area contributed by atoms with Crippen LogP contribution in [-0.2, 0) is 0 Å². The van der Waals surface area contributed by atoms with Gasteiger partial charge in [0, 0.05) is 7.05 Å². The predicted octanol–water partition coefficient (Wildman–Crippen LogP) is 1.66. The molecule has 0 unspecified atom stereocenters. The summed E-state index contributed by atoms with van der Waals surface area (Å²) in [6.45, 7) is 0. The first kappa shape index (κ1) is 9.06. The van der Waals surface area contributed by atoms with Gasteiger partial charge in [-0.05, 0) is 18.4 Å². The quantitative estimate of drug-likeness (QED) is 0.570. The number of hydrogen-bond acceptors (Lipinski definition) is 4. The van der Waals surface area contributed by atoms with Gasteiger partial charge in [0.1, 0.15) is 5.82 Å². The monoisotopic (exact) mass is 182 g/mol. The minimum Gasteiger partial charge on any atom is -0.373 e. The Morgan fingerprint density at radius 2 is 2.33 bits per heavy atom. The molecule has 0 fully saturated rings. The molecule has 0 aliphatic heterocycles. The van der Waals surface area contributed by atoms with E-state index in [4.69, 9.17) is 0 Å². The fourth-order valence-corrected chi connectivity index (χ4v) is 1.25. The van der Waals surface area contributed by atoms with Crippen LogP contribution in [0.2, 0.25) is 0 Å². The lowest BCUT2D eigenvalue weighted by molar-refractivity contribution is 0.112. The Labute approximate surface area is 75.6 Å². The second kappa shape index (κ2) is 4.11. The molecule has 1 heterocycles. The molecule has 0 amide bonds. The maximum absolute atomic E-state index is 10.5. The lowest BCUT2D eigenvalue weighted by Crippen LogP contribution is -1.98. The van der Waals surface area contributed by atoms with Crippen molar-refractivity contribution >= 4 is 23.9 Å². The van der Waals surface area contributed by atoms with Crippen LogP contribution in [0, 0.1) is 0 Å². The molecule has 0 saturated heterocycles. The SMILES string of the molecule is CNc1nc(SC)ccc1C=O. The highest BCUT2D eigenvalue weighted by atomic mass is 32.2. The number of anilines is 1. The Kier molecular flexibility index (Phi) is 3.10. The number of carbonyl (C=O) groups excluding carboxylic acids is 1. The van der Waals surface area contributed by atoms with E-state index in [1.165, 1.54) is 0 Å². The lowest BCUT2D eigenvalue weighted by atomic mass is 10.3. The van der Waals surface area contributed by atoms with Gasteiger partial charge in [0.2, 0.25) is 0 Å². The van der Waals surface area contributed by atoms with Crippen LogP contribution in [0.5, 0.6) is 0 Å². The van der Waals surface area contributed by atoms with E-state index < -0.39 is 0 Å². The second-order valence-corrected chi connectivity index (χ2v) is 2.99. The van der Waals surface area contributed by atoms with Crippen LogP contribution < -0.4 is 5.32 Å². The van der Waals surface area contributed by atoms with Crippen LogP contribution in [0.15, 0.2) is 17.2 Å². The molecule has 64 valence electrons. The summed E-state index contributed by atoms with van der Waals surface area (Å²) in [5, 5.41) is 3.77. The van der Waals surface area contributed by atoms with Crippen molar-refractivity contribution < 1.29 is 4.79 Å². The molecule has 1 aromatic rings. The standard InChI is InChI=1S/C8H10N2OS/c1-9-8-6(5-11)3-4-7(10-8)12-2/h3-5H,1-2H3,(H,9,10). The van der Waals surface area contributed by atoms with E-state index in [1.807, 2.05) is 12.3 Å². The van der Waals surface area contributed by atoms with Crippen LogP contribution in [0.1, 0.15) is 10.4 Å². The van der Waals surface area contributed by atoms with Crippen molar-refractivity contribution in [2.24, 2.45) is 0 Å². The summed E-state index contributed by atoms with van der Waals surface area (Å²) < 4.78 is 0. The topological polar surface area (TPSA) is 42.0 Å². The number of pyridine rings is 1. The average molecular weight is 182 g/mol. The van der Waals surface area contributed by atoms with Gasteiger partial charge in [0.05, 0.1) is 10.6 Å². The molecule has 1 N–H and O–H groups in total. The maximum Gasteiger partial charge on any atom is 0.153 e. The van der Waals surface area contributed by atoms with Crippen molar-refractivity contribution in [1.29, 1.82) is 0 Å².